The zero-order valence-corrected chi connectivity index (χ0v) is 10.0. The van der Waals surface area contributed by atoms with Gasteiger partial charge in [0.05, 0.1) is 12.6 Å². The SMILES string of the molecule is Cc1c(N)cccc1C(=O)NC1CCCOC1. The minimum absolute atomic E-state index is 0.0645. The van der Waals surface area contributed by atoms with E-state index in [1.54, 1.807) is 18.2 Å². The molecule has 2 rings (SSSR count). The molecule has 1 atom stereocenters. The van der Waals surface area contributed by atoms with Crippen LogP contribution in [-0.2, 0) is 4.74 Å². The van der Waals surface area contributed by atoms with Crippen LogP contribution in [0, 0.1) is 6.92 Å². The van der Waals surface area contributed by atoms with Crippen LogP contribution in [0.1, 0.15) is 28.8 Å². The van der Waals surface area contributed by atoms with Crippen LogP contribution >= 0.6 is 0 Å². The Bertz CT molecular complexity index is 412. The minimum Gasteiger partial charge on any atom is -0.398 e. The molecular weight excluding hydrogens is 216 g/mol. The first-order valence-corrected chi connectivity index (χ1v) is 5.92. The van der Waals surface area contributed by atoms with E-state index in [1.807, 2.05) is 6.92 Å². The quantitative estimate of drug-likeness (QED) is 0.762. The van der Waals surface area contributed by atoms with Crippen molar-refractivity contribution in [3.63, 3.8) is 0 Å². The van der Waals surface area contributed by atoms with Crippen LogP contribution in [0.25, 0.3) is 0 Å². The molecule has 1 fully saturated rings. The zero-order valence-electron chi connectivity index (χ0n) is 10.0. The molecule has 0 radical (unpaired) electrons. The third-order valence-electron chi connectivity index (χ3n) is 3.12. The molecule has 0 saturated carbocycles. The standard InChI is InChI=1S/C13H18N2O2/c1-9-11(5-2-6-12(9)14)13(16)15-10-4-3-7-17-8-10/h2,5-6,10H,3-4,7-8,14H2,1H3,(H,15,16). The van der Waals surface area contributed by atoms with E-state index in [-0.39, 0.29) is 11.9 Å². The fourth-order valence-corrected chi connectivity index (χ4v) is 2.02. The number of ether oxygens (including phenoxy) is 1. The molecule has 1 heterocycles. The number of nitrogen functional groups attached to an aromatic ring is 1. The molecule has 1 aliphatic heterocycles. The lowest BCUT2D eigenvalue weighted by molar-refractivity contribution is 0.0624. The number of amides is 1. The Balaban J connectivity index is 2.06. The Hall–Kier alpha value is -1.55. The van der Waals surface area contributed by atoms with Gasteiger partial charge in [-0.3, -0.25) is 4.79 Å². The predicted octanol–water partition coefficient (Wildman–Crippen LogP) is 1.49. The molecule has 0 bridgehead atoms. The lowest BCUT2D eigenvalue weighted by Gasteiger charge is -2.23. The van der Waals surface area contributed by atoms with Gasteiger partial charge in [0.15, 0.2) is 0 Å². The second-order valence-corrected chi connectivity index (χ2v) is 4.41. The number of carbonyl (C=O) groups is 1. The fraction of sp³-hybridized carbons (Fsp3) is 0.462. The number of nitrogens with two attached hydrogens (primary N) is 1. The molecule has 1 unspecified atom stereocenters. The number of nitrogens with one attached hydrogen (secondary N) is 1. The van der Waals surface area contributed by atoms with E-state index in [0.29, 0.717) is 17.9 Å². The Kier molecular flexibility index (Phi) is 3.64. The maximum Gasteiger partial charge on any atom is 0.251 e. The van der Waals surface area contributed by atoms with Gasteiger partial charge in [-0.1, -0.05) is 6.07 Å². The van der Waals surface area contributed by atoms with Crippen molar-refractivity contribution in [1.82, 2.24) is 5.32 Å². The molecule has 0 aromatic heterocycles. The number of hydrogen-bond donors (Lipinski definition) is 2. The van der Waals surface area contributed by atoms with Gasteiger partial charge in [-0.15, -0.1) is 0 Å². The van der Waals surface area contributed by atoms with Gasteiger partial charge in [0.1, 0.15) is 0 Å². The van der Waals surface area contributed by atoms with Crippen LogP contribution < -0.4 is 11.1 Å². The third-order valence-corrected chi connectivity index (χ3v) is 3.12. The normalized spacial score (nSPS) is 19.9. The van der Waals surface area contributed by atoms with Gasteiger partial charge in [0, 0.05) is 17.9 Å². The number of rotatable bonds is 2. The van der Waals surface area contributed by atoms with Crippen molar-refractivity contribution in [2.45, 2.75) is 25.8 Å². The van der Waals surface area contributed by atoms with Gasteiger partial charge in [-0.25, -0.2) is 0 Å². The predicted molar refractivity (Wildman–Crippen MR) is 66.9 cm³/mol. The van der Waals surface area contributed by atoms with Gasteiger partial charge in [0.2, 0.25) is 0 Å². The first kappa shape index (κ1) is 11.9. The molecule has 0 spiro atoms. The number of benzene rings is 1. The second-order valence-electron chi connectivity index (χ2n) is 4.41. The van der Waals surface area contributed by atoms with E-state index in [9.17, 15) is 4.79 Å². The second kappa shape index (κ2) is 5.19. The van der Waals surface area contributed by atoms with Gasteiger partial charge in [0.25, 0.3) is 5.91 Å². The van der Waals surface area contributed by atoms with Crippen molar-refractivity contribution < 1.29 is 9.53 Å². The van der Waals surface area contributed by atoms with Gasteiger partial charge >= 0.3 is 0 Å². The molecule has 1 saturated heterocycles. The highest BCUT2D eigenvalue weighted by Crippen LogP contribution is 2.16. The number of carbonyl (C=O) groups excluding carboxylic acids is 1. The van der Waals surface area contributed by atoms with E-state index >= 15 is 0 Å². The molecule has 1 aliphatic rings. The lowest BCUT2D eigenvalue weighted by Crippen LogP contribution is -2.40. The molecule has 1 aromatic carbocycles. The molecule has 3 N–H and O–H groups in total. The monoisotopic (exact) mass is 234 g/mol. The van der Waals surface area contributed by atoms with Gasteiger partial charge < -0.3 is 15.8 Å². The average molecular weight is 234 g/mol. The maximum atomic E-state index is 12.1. The van der Waals surface area contributed by atoms with E-state index in [0.717, 1.165) is 25.0 Å². The Morgan fingerprint density at radius 2 is 2.35 bits per heavy atom. The molecule has 0 aliphatic carbocycles. The first-order valence-electron chi connectivity index (χ1n) is 5.92. The van der Waals surface area contributed by atoms with Crippen molar-refractivity contribution in [2.75, 3.05) is 18.9 Å². The van der Waals surface area contributed by atoms with Crippen molar-refractivity contribution in [2.24, 2.45) is 0 Å². The highest BCUT2D eigenvalue weighted by molar-refractivity contribution is 5.97. The molecular formula is C13H18N2O2. The molecule has 1 amide bonds. The summed E-state index contributed by atoms with van der Waals surface area (Å²) in [7, 11) is 0. The van der Waals surface area contributed by atoms with E-state index in [1.165, 1.54) is 0 Å². The topological polar surface area (TPSA) is 64.4 Å². The summed E-state index contributed by atoms with van der Waals surface area (Å²) in [5, 5.41) is 2.98. The highest BCUT2D eigenvalue weighted by Gasteiger charge is 2.18. The van der Waals surface area contributed by atoms with Crippen molar-refractivity contribution in [3.05, 3.63) is 29.3 Å². The van der Waals surface area contributed by atoms with Crippen LogP contribution in [0.2, 0.25) is 0 Å². The Morgan fingerprint density at radius 3 is 3.06 bits per heavy atom. The molecule has 92 valence electrons. The molecule has 4 heteroatoms. The highest BCUT2D eigenvalue weighted by atomic mass is 16.5. The summed E-state index contributed by atoms with van der Waals surface area (Å²) in [5.41, 5.74) is 7.92. The summed E-state index contributed by atoms with van der Waals surface area (Å²) in [6, 6.07) is 5.52. The minimum atomic E-state index is -0.0645. The largest absolute Gasteiger partial charge is 0.398 e. The van der Waals surface area contributed by atoms with Crippen LogP contribution in [0.5, 0.6) is 0 Å². The fourth-order valence-electron chi connectivity index (χ4n) is 2.02. The average Bonchev–Trinajstić information content (AvgIpc) is 2.34. The first-order chi connectivity index (χ1) is 8.18. The zero-order chi connectivity index (χ0) is 12.3. The van der Waals surface area contributed by atoms with Crippen LogP contribution in [0.3, 0.4) is 0 Å². The number of hydrogen-bond acceptors (Lipinski definition) is 3. The van der Waals surface area contributed by atoms with Crippen molar-refractivity contribution in [1.29, 1.82) is 0 Å². The maximum absolute atomic E-state index is 12.1. The summed E-state index contributed by atoms with van der Waals surface area (Å²) >= 11 is 0. The van der Waals surface area contributed by atoms with E-state index < -0.39 is 0 Å². The third kappa shape index (κ3) is 2.77. The Labute approximate surface area is 101 Å². The summed E-state index contributed by atoms with van der Waals surface area (Å²) < 4.78 is 5.33. The summed E-state index contributed by atoms with van der Waals surface area (Å²) in [4.78, 5) is 12.1. The lowest BCUT2D eigenvalue weighted by atomic mass is 10.0. The van der Waals surface area contributed by atoms with Crippen molar-refractivity contribution in [3.8, 4) is 0 Å². The number of anilines is 1. The summed E-state index contributed by atoms with van der Waals surface area (Å²) in [6.45, 7) is 3.26. The smallest absolute Gasteiger partial charge is 0.251 e. The Morgan fingerprint density at radius 1 is 1.53 bits per heavy atom. The van der Waals surface area contributed by atoms with E-state index in [4.69, 9.17) is 10.5 Å². The van der Waals surface area contributed by atoms with Crippen LogP contribution in [-0.4, -0.2) is 25.2 Å². The molecule has 17 heavy (non-hydrogen) atoms. The summed E-state index contributed by atoms with van der Waals surface area (Å²) in [5.74, 6) is -0.0645. The molecule has 1 aromatic rings. The molecule has 4 nitrogen and oxygen atoms in total. The van der Waals surface area contributed by atoms with Gasteiger partial charge in [-0.05, 0) is 37.5 Å². The van der Waals surface area contributed by atoms with Gasteiger partial charge in [-0.2, -0.15) is 0 Å². The van der Waals surface area contributed by atoms with Crippen LogP contribution in [0.4, 0.5) is 5.69 Å². The van der Waals surface area contributed by atoms with Crippen LogP contribution in [0.15, 0.2) is 18.2 Å². The van der Waals surface area contributed by atoms with Crippen molar-refractivity contribution >= 4 is 11.6 Å². The summed E-state index contributed by atoms with van der Waals surface area (Å²) in [6.07, 6.45) is 1.98. The van der Waals surface area contributed by atoms with E-state index in [2.05, 4.69) is 5.32 Å².